The largest absolute Gasteiger partial charge is 0.467 e. The number of hydrogen-bond acceptors (Lipinski definition) is 2. The molecule has 1 aliphatic heterocycles. The number of urea groups is 1. The van der Waals surface area contributed by atoms with Gasteiger partial charge >= 0.3 is 6.03 Å². The number of likely N-dealkylation sites (tertiary alicyclic amines) is 1. The molecule has 1 N–H and O–H groups in total. The summed E-state index contributed by atoms with van der Waals surface area (Å²) < 4.78 is 5.45. The first-order valence-electron chi connectivity index (χ1n) is 6.95. The molecule has 3 rings (SSSR count). The van der Waals surface area contributed by atoms with E-state index in [0.29, 0.717) is 6.04 Å². The number of amides is 2. The van der Waals surface area contributed by atoms with Gasteiger partial charge in [0.15, 0.2) is 0 Å². The molecule has 4 heteroatoms. The maximum absolute atomic E-state index is 12.3. The lowest BCUT2D eigenvalue weighted by Gasteiger charge is -2.25. The van der Waals surface area contributed by atoms with E-state index < -0.39 is 0 Å². The summed E-state index contributed by atoms with van der Waals surface area (Å²) in [6.07, 6.45) is 8.49. The van der Waals surface area contributed by atoms with Crippen LogP contribution in [-0.4, -0.2) is 23.5 Å². The van der Waals surface area contributed by atoms with Gasteiger partial charge in [0, 0.05) is 12.6 Å². The molecule has 98 valence electrons. The van der Waals surface area contributed by atoms with Crippen molar-refractivity contribution in [1.82, 2.24) is 10.2 Å². The molecular formula is C14H20N2O2. The van der Waals surface area contributed by atoms with E-state index in [1.807, 2.05) is 17.0 Å². The van der Waals surface area contributed by atoms with Crippen LogP contribution in [-0.2, 0) is 0 Å². The highest BCUT2D eigenvalue weighted by molar-refractivity contribution is 5.75. The molecule has 0 aromatic carbocycles. The highest BCUT2D eigenvalue weighted by atomic mass is 16.3. The Bertz CT molecular complexity index is 396. The zero-order valence-corrected chi connectivity index (χ0v) is 10.6. The van der Waals surface area contributed by atoms with Crippen molar-refractivity contribution < 1.29 is 9.21 Å². The van der Waals surface area contributed by atoms with Crippen molar-refractivity contribution >= 4 is 6.03 Å². The molecule has 0 unspecified atom stereocenters. The fourth-order valence-electron chi connectivity index (χ4n) is 3.11. The molecule has 0 radical (unpaired) electrons. The predicted molar refractivity (Wildman–Crippen MR) is 68.2 cm³/mol. The molecule has 1 atom stereocenters. The van der Waals surface area contributed by atoms with E-state index >= 15 is 0 Å². The van der Waals surface area contributed by atoms with E-state index in [-0.39, 0.29) is 12.1 Å². The van der Waals surface area contributed by atoms with Gasteiger partial charge in [0.25, 0.3) is 0 Å². The second-order valence-corrected chi connectivity index (χ2v) is 5.30. The lowest BCUT2D eigenvalue weighted by atomic mass is 10.2. The molecule has 0 spiro atoms. The van der Waals surface area contributed by atoms with Crippen LogP contribution in [0.3, 0.4) is 0 Å². The normalized spacial score (nSPS) is 24.7. The Kier molecular flexibility index (Phi) is 3.26. The van der Waals surface area contributed by atoms with Crippen LogP contribution in [0.1, 0.15) is 50.3 Å². The van der Waals surface area contributed by atoms with Gasteiger partial charge in [-0.1, -0.05) is 12.8 Å². The van der Waals surface area contributed by atoms with Crippen LogP contribution in [0.2, 0.25) is 0 Å². The lowest BCUT2D eigenvalue weighted by Crippen LogP contribution is -2.43. The molecule has 1 saturated carbocycles. The van der Waals surface area contributed by atoms with Crippen molar-refractivity contribution in [3.63, 3.8) is 0 Å². The van der Waals surface area contributed by atoms with Gasteiger partial charge in [-0.3, -0.25) is 0 Å². The van der Waals surface area contributed by atoms with Gasteiger partial charge in [0.1, 0.15) is 5.76 Å². The molecule has 2 heterocycles. The highest BCUT2D eigenvalue weighted by Crippen LogP contribution is 2.32. The number of nitrogens with zero attached hydrogens (tertiary/aromatic N) is 1. The fraction of sp³-hybridized carbons (Fsp3) is 0.643. The van der Waals surface area contributed by atoms with Crippen molar-refractivity contribution in [2.45, 2.75) is 50.6 Å². The fourth-order valence-corrected chi connectivity index (χ4v) is 3.11. The highest BCUT2D eigenvalue weighted by Gasteiger charge is 2.32. The minimum atomic E-state index is 0.0841. The summed E-state index contributed by atoms with van der Waals surface area (Å²) >= 11 is 0. The van der Waals surface area contributed by atoms with Gasteiger partial charge < -0.3 is 14.6 Å². The summed E-state index contributed by atoms with van der Waals surface area (Å²) in [5.74, 6) is 0.911. The van der Waals surface area contributed by atoms with Crippen LogP contribution in [0.15, 0.2) is 22.8 Å². The molecule has 1 aliphatic carbocycles. The van der Waals surface area contributed by atoms with Crippen LogP contribution in [0, 0.1) is 0 Å². The Hall–Kier alpha value is -1.45. The molecule has 2 amide bonds. The summed E-state index contributed by atoms with van der Waals surface area (Å²) in [5, 5.41) is 3.16. The molecule has 2 aliphatic rings. The van der Waals surface area contributed by atoms with E-state index in [2.05, 4.69) is 5.32 Å². The number of hydrogen-bond donors (Lipinski definition) is 1. The lowest BCUT2D eigenvalue weighted by molar-refractivity contribution is 0.182. The average molecular weight is 248 g/mol. The summed E-state index contributed by atoms with van der Waals surface area (Å²) in [6.45, 7) is 0.837. The van der Waals surface area contributed by atoms with Gasteiger partial charge in [-0.15, -0.1) is 0 Å². The molecule has 1 saturated heterocycles. The predicted octanol–water partition coefficient (Wildman–Crippen LogP) is 3.07. The van der Waals surface area contributed by atoms with Gasteiger partial charge in [0.2, 0.25) is 0 Å². The Morgan fingerprint density at radius 2 is 2.11 bits per heavy atom. The van der Waals surface area contributed by atoms with Gasteiger partial charge in [-0.2, -0.15) is 0 Å². The van der Waals surface area contributed by atoms with E-state index in [0.717, 1.165) is 38.0 Å². The van der Waals surface area contributed by atoms with Crippen molar-refractivity contribution in [1.29, 1.82) is 0 Å². The number of carbonyl (C=O) groups excluding carboxylic acids is 1. The zero-order chi connectivity index (χ0) is 12.4. The van der Waals surface area contributed by atoms with Crippen LogP contribution < -0.4 is 5.32 Å². The van der Waals surface area contributed by atoms with Crippen LogP contribution in [0.5, 0.6) is 0 Å². The van der Waals surface area contributed by atoms with Gasteiger partial charge in [-0.25, -0.2) is 4.79 Å². The van der Waals surface area contributed by atoms with E-state index in [1.54, 1.807) is 6.26 Å². The second-order valence-electron chi connectivity index (χ2n) is 5.30. The summed E-state index contributed by atoms with van der Waals surface area (Å²) in [5.41, 5.74) is 0. The molecule has 2 fully saturated rings. The third-order valence-corrected chi connectivity index (χ3v) is 4.07. The standard InChI is InChI=1S/C14H20N2O2/c17-14(15-11-5-1-2-6-11)16-9-3-7-12(16)13-8-4-10-18-13/h4,8,10-12H,1-3,5-7,9H2,(H,15,17)/t12-/m1/s1. The van der Waals surface area contributed by atoms with Crippen LogP contribution >= 0.6 is 0 Å². The Labute approximate surface area is 107 Å². The van der Waals surface area contributed by atoms with Crippen LogP contribution in [0.25, 0.3) is 0 Å². The molecule has 1 aromatic rings. The van der Waals surface area contributed by atoms with Gasteiger partial charge in [0.05, 0.1) is 12.3 Å². The Morgan fingerprint density at radius 3 is 2.83 bits per heavy atom. The minimum Gasteiger partial charge on any atom is -0.467 e. The quantitative estimate of drug-likeness (QED) is 0.874. The minimum absolute atomic E-state index is 0.0841. The van der Waals surface area contributed by atoms with E-state index in [4.69, 9.17) is 4.42 Å². The molecular weight excluding hydrogens is 228 g/mol. The second kappa shape index (κ2) is 5.04. The number of nitrogens with one attached hydrogen (secondary N) is 1. The first kappa shape index (κ1) is 11.6. The maximum Gasteiger partial charge on any atom is 0.318 e. The maximum atomic E-state index is 12.3. The summed E-state index contributed by atoms with van der Waals surface area (Å²) in [6, 6.07) is 4.45. The zero-order valence-electron chi connectivity index (χ0n) is 10.6. The molecule has 4 nitrogen and oxygen atoms in total. The molecule has 18 heavy (non-hydrogen) atoms. The smallest absolute Gasteiger partial charge is 0.318 e. The summed E-state index contributed by atoms with van der Waals surface area (Å²) in [4.78, 5) is 14.2. The Morgan fingerprint density at radius 1 is 1.28 bits per heavy atom. The number of furan rings is 1. The van der Waals surface area contributed by atoms with E-state index in [1.165, 1.54) is 12.8 Å². The van der Waals surface area contributed by atoms with Crippen LogP contribution in [0.4, 0.5) is 4.79 Å². The molecule has 1 aromatic heterocycles. The molecule has 0 bridgehead atoms. The average Bonchev–Trinajstić information content (AvgIpc) is 3.11. The van der Waals surface area contributed by atoms with Crippen molar-refractivity contribution in [3.05, 3.63) is 24.2 Å². The Balaban J connectivity index is 1.65. The third kappa shape index (κ3) is 2.24. The topological polar surface area (TPSA) is 45.5 Å². The first-order valence-corrected chi connectivity index (χ1v) is 6.95. The number of carbonyl (C=O) groups is 1. The van der Waals surface area contributed by atoms with Gasteiger partial charge in [-0.05, 0) is 37.8 Å². The third-order valence-electron chi connectivity index (χ3n) is 4.07. The first-order chi connectivity index (χ1) is 8.84. The van der Waals surface area contributed by atoms with Crippen molar-refractivity contribution in [2.75, 3.05) is 6.54 Å². The van der Waals surface area contributed by atoms with E-state index in [9.17, 15) is 4.79 Å². The summed E-state index contributed by atoms with van der Waals surface area (Å²) in [7, 11) is 0. The van der Waals surface area contributed by atoms with Crippen molar-refractivity contribution in [3.8, 4) is 0 Å². The SMILES string of the molecule is O=C(NC1CCCC1)N1CCC[C@@H]1c1ccco1. The van der Waals surface area contributed by atoms with Crippen molar-refractivity contribution in [2.24, 2.45) is 0 Å². The monoisotopic (exact) mass is 248 g/mol. The number of rotatable bonds is 2.